The Morgan fingerprint density at radius 2 is 2.00 bits per heavy atom. The van der Waals surface area contributed by atoms with Gasteiger partial charge in [0, 0.05) is 39.4 Å². The molecule has 6 nitrogen and oxygen atoms in total. The topological polar surface area (TPSA) is 58.1 Å². The number of likely N-dealkylation sites (N-methyl/N-ethyl adjacent to an activating group) is 1. The number of hydrogen-bond acceptors (Lipinski definition) is 4. The molecule has 0 aromatic carbocycles. The SMILES string of the molecule is CCC(CC)C(CNC(=NC)NCCCOCC1CCCO1)N(C)C.I. The summed E-state index contributed by atoms with van der Waals surface area (Å²) in [4.78, 5) is 6.64. The molecule has 0 radical (unpaired) electrons. The Labute approximate surface area is 177 Å². The van der Waals surface area contributed by atoms with E-state index in [0.717, 1.165) is 51.7 Å². The lowest BCUT2D eigenvalue weighted by Crippen LogP contribution is -2.48. The van der Waals surface area contributed by atoms with Crippen molar-refractivity contribution in [3.63, 3.8) is 0 Å². The van der Waals surface area contributed by atoms with Gasteiger partial charge in [-0.15, -0.1) is 24.0 Å². The molecule has 7 heteroatoms. The van der Waals surface area contributed by atoms with E-state index in [0.29, 0.717) is 18.1 Å². The molecule has 1 aliphatic heterocycles. The molecule has 0 aromatic heterocycles. The van der Waals surface area contributed by atoms with Gasteiger partial charge in [-0.05, 0) is 39.3 Å². The number of rotatable bonds is 12. The summed E-state index contributed by atoms with van der Waals surface area (Å²) < 4.78 is 11.2. The molecule has 0 saturated carbocycles. The van der Waals surface area contributed by atoms with E-state index in [-0.39, 0.29) is 24.0 Å². The van der Waals surface area contributed by atoms with Gasteiger partial charge in [0.25, 0.3) is 0 Å². The van der Waals surface area contributed by atoms with Crippen LogP contribution in [0.4, 0.5) is 0 Å². The predicted molar refractivity (Wildman–Crippen MR) is 121 cm³/mol. The summed E-state index contributed by atoms with van der Waals surface area (Å²) in [6, 6.07) is 0.517. The highest BCUT2D eigenvalue weighted by atomic mass is 127. The monoisotopic (exact) mass is 484 g/mol. The van der Waals surface area contributed by atoms with Gasteiger partial charge < -0.3 is 25.0 Å². The summed E-state index contributed by atoms with van der Waals surface area (Å²) in [5, 5.41) is 6.85. The Hall–Kier alpha value is -0.120. The van der Waals surface area contributed by atoms with Gasteiger partial charge in [-0.2, -0.15) is 0 Å². The molecule has 0 bridgehead atoms. The molecule has 1 fully saturated rings. The third-order valence-electron chi connectivity index (χ3n) is 5.04. The van der Waals surface area contributed by atoms with Gasteiger partial charge in [0.1, 0.15) is 0 Å². The largest absolute Gasteiger partial charge is 0.379 e. The molecule has 0 amide bonds. The van der Waals surface area contributed by atoms with E-state index in [1.165, 1.54) is 19.3 Å². The average molecular weight is 484 g/mol. The molecule has 2 atom stereocenters. The van der Waals surface area contributed by atoms with E-state index in [1.807, 2.05) is 7.05 Å². The third-order valence-corrected chi connectivity index (χ3v) is 5.04. The van der Waals surface area contributed by atoms with Crippen LogP contribution in [0.15, 0.2) is 4.99 Å². The van der Waals surface area contributed by atoms with Gasteiger partial charge in [0.05, 0.1) is 12.7 Å². The lowest BCUT2D eigenvalue weighted by atomic mass is 9.93. The first-order chi connectivity index (χ1) is 12.1. The van der Waals surface area contributed by atoms with Crippen molar-refractivity contribution in [1.82, 2.24) is 15.5 Å². The normalized spacial score (nSPS) is 18.9. The van der Waals surface area contributed by atoms with Gasteiger partial charge >= 0.3 is 0 Å². The number of guanidine groups is 1. The molecular formula is C19H41IN4O2. The second kappa shape index (κ2) is 15.9. The van der Waals surface area contributed by atoms with Crippen molar-refractivity contribution in [2.75, 3.05) is 54.1 Å². The average Bonchev–Trinajstić information content (AvgIpc) is 3.12. The zero-order chi connectivity index (χ0) is 18.5. The Bertz CT molecular complexity index is 359. The van der Waals surface area contributed by atoms with Gasteiger partial charge in [-0.25, -0.2) is 0 Å². The van der Waals surface area contributed by atoms with Crippen LogP contribution in [-0.2, 0) is 9.47 Å². The molecule has 2 N–H and O–H groups in total. The quantitative estimate of drug-likeness (QED) is 0.193. The van der Waals surface area contributed by atoms with Crippen molar-refractivity contribution in [2.45, 2.75) is 58.1 Å². The maximum atomic E-state index is 5.69. The van der Waals surface area contributed by atoms with Crippen LogP contribution >= 0.6 is 24.0 Å². The molecule has 156 valence electrons. The number of nitrogens with zero attached hydrogens (tertiary/aromatic N) is 2. The standard InChI is InChI=1S/C19H40N4O2.HI/c1-6-16(7-2)18(23(4)5)14-22-19(20-3)21-11-9-12-24-15-17-10-8-13-25-17;/h16-18H,6-15H2,1-5H3,(H2,20,21,22);1H. The Balaban J connectivity index is 0.00000625. The minimum Gasteiger partial charge on any atom is -0.379 e. The Morgan fingerprint density at radius 1 is 1.27 bits per heavy atom. The van der Waals surface area contributed by atoms with Crippen molar-refractivity contribution in [3.8, 4) is 0 Å². The summed E-state index contributed by atoms with van der Waals surface area (Å²) in [6.07, 6.45) is 6.00. The lowest BCUT2D eigenvalue weighted by Gasteiger charge is -2.32. The fourth-order valence-corrected chi connectivity index (χ4v) is 3.40. The molecule has 1 rings (SSSR count). The molecule has 1 aliphatic rings. The van der Waals surface area contributed by atoms with E-state index < -0.39 is 0 Å². The van der Waals surface area contributed by atoms with E-state index in [9.17, 15) is 0 Å². The van der Waals surface area contributed by atoms with Crippen molar-refractivity contribution in [1.29, 1.82) is 0 Å². The van der Waals surface area contributed by atoms with Gasteiger partial charge in [0.2, 0.25) is 0 Å². The second-order valence-corrected chi connectivity index (χ2v) is 7.05. The van der Waals surface area contributed by atoms with Crippen molar-refractivity contribution < 1.29 is 9.47 Å². The number of nitrogens with one attached hydrogen (secondary N) is 2. The molecule has 26 heavy (non-hydrogen) atoms. The summed E-state index contributed by atoms with van der Waals surface area (Å²) in [5.74, 6) is 1.57. The van der Waals surface area contributed by atoms with Crippen LogP contribution in [0, 0.1) is 5.92 Å². The summed E-state index contributed by atoms with van der Waals surface area (Å²) in [6.45, 7) is 8.70. The summed E-state index contributed by atoms with van der Waals surface area (Å²) in [5.41, 5.74) is 0. The molecular weight excluding hydrogens is 443 g/mol. The highest BCUT2D eigenvalue weighted by molar-refractivity contribution is 14.0. The van der Waals surface area contributed by atoms with Gasteiger partial charge in [-0.1, -0.05) is 26.7 Å². The van der Waals surface area contributed by atoms with Crippen LogP contribution < -0.4 is 10.6 Å². The highest BCUT2D eigenvalue weighted by Crippen LogP contribution is 2.16. The zero-order valence-electron chi connectivity index (χ0n) is 17.4. The number of aliphatic imine (C=N–C) groups is 1. The second-order valence-electron chi connectivity index (χ2n) is 7.05. The molecule has 2 unspecified atom stereocenters. The van der Waals surface area contributed by atoms with E-state index in [4.69, 9.17) is 9.47 Å². The highest BCUT2D eigenvalue weighted by Gasteiger charge is 2.20. The maximum Gasteiger partial charge on any atom is 0.191 e. The fourth-order valence-electron chi connectivity index (χ4n) is 3.40. The first-order valence-corrected chi connectivity index (χ1v) is 9.92. The minimum absolute atomic E-state index is 0. The van der Waals surface area contributed by atoms with Crippen LogP contribution in [0.25, 0.3) is 0 Å². The summed E-state index contributed by atoms with van der Waals surface area (Å²) in [7, 11) is 6.14. The Kier molecular flexibility index (Phi) is 15.8. The molecule has 0 spiro atoms. The Morgan fingerprint density at radius 3 is 2.54 bits per heavy atom. The van der Waals surface area contributed by atoms with Crippen LogP contribution in [0.1, 0.15) is 46.0 Å². The van der Waals surface area contributed by atoms with Crippen LogP contribution in [-0.4, -0.2) is 77.1 Å². The zero-order valence-corrected chi connectivity index (χ0v) is 19.8. The lowest BCUT2D eigenvalue weighted by molar-refractivity contribution is 0.0168. The van der Waals surface area contributed by atoms with Crippen molar-refractivity contribution in [2.24, 2.45) is 10.9 Å². The molecule has 0 aromatic rings. The van der Waals surface area contributed by atoms with E-state index in [1.54, 1.807) is 0 Å². The van der Waals surface area contributed by atoms with Gasteiger partial charge in [0.15, 0.2) is 5.96 Å². The predicted octanol–water partition coefficient (Wildman–Crippen LogP) is 2.72. The van der Waals surface area contributed by atoms with Crippen molar-refractivity contribution in [3.05, 3.63) is 0 Å². The van der Waals surface area contributed by atoms with Crippen LogP contribution in [0.5, 0.6) is 0 Å². The van der Waals surface area contributed by atoms with E-state index >= 15 is 0 Å². The smallest absolute Gasteiger partial charge is 0.191 e. The number of hydrogen-bond donors (Lipinski definition) is 2. The first kappa shape index (κ1) is 25.9. The number of halogens is 1. The summed E-state index contributed by atoms with van der Waals surface area (Å²) >= 11 is 0. The molecule has 0 aliphatic carbocycles. The molecule has 1 saturated heterocycles. The van der Waals surface area contributed by atoms with E-state index in [2.05, 4.69) is 48.5 Å². The maximum absolute atomic E-state index is 5.69. The minimum atomic E-state index is 0. The molecule has 1 heterocycles. The van der Waals surface area contributed by atoms with Crippen LogP contribution in [0.2, 0.25) is 0 Å². The third kappa shape index (κ3) is 10.3. The fraction of sp³-hybridized carbons (Fsp3) is 0.947. The first-order valence-electron chi connectivity index (χ1n) is 9.92. The van der Waals surface area contributed by atoms with Crippen LogP contribution in [0.3, 0.4) is 0 Å². The van der Waals surface area contributed by atoms with Gasteiger partial charge in [-0.3, -0.25) is 4.99 Å². The van der Waals surface area contributed by atoms with Crippen molar-refractivity contribution >= 4 is 29.9 Å². The number of ether oxygens (including phenoxy) is 2.